The van der Waals surface area contributed by atoms with Crippen LogP contribution in [0.2, 0.25) is 5.02 Å². The van der Waals surface area contributed by atoms with Crippen molar-refractivity contribution in [1.82, 2.24) is 10.3 Å². The molecule has 1 unspecified atom stereocenters. The van der Waals surface area contributed by atoms with Gasteiger partial charge in [0, 0.05) is 10.6 Å². The molecule has 0 bridgehead atoms. The number of halogens is 2. The minimum absolute atomic E-state index is 0.149. The summed E-state index contributed by atoms with van der Waals surface area (Å²) in [6.45, 7) is 1.88. The predicted molar refractivity (Wildman–Crippen MR) is 101 cm³/mol. The molecule has 0 fully saturated rings. The van der Waals surface area contributed by atoms with Crippen LogP contribution >= 0.6 is 23.4 Å². The lowest BCUT2D eigenvalue weighted by Gasteiger charge is -2.15. The highest BCUT2D eigenvalue weighted by Gasteiger charge is 2.14. The van der Waals surface area contributed by atoms with E-state index in [1.807, 2.05) is 25.1 Å². The number of thioether (sulfide) groups is 1. The van der Waals surface area contributed by atoms with Crippen LogP contribution in [0.5, 0.6) is 0 Å². The zero-order chi connectivity index (χ0) is 18.5. The lowest BCUT2D eigenvalue weighted by atomic mass is 10.1. The number of carbonyl (C=O) groups is 1. The number of benzene rings is 2. The molecule has 3 rings (SSSR count). The van der Waals surface area contributed by atoms with Crippen molar-refractivity contribution in [2.24, 2.45) is 0 Å². The van der Waals surface area contributed by atoms with E-state index in [0.717, 1.165) is 11.1 Å². The van der Waals surface area contributed by atoms with Crippen LogP contribution in [-0.2, 0) is 4.79 Å². The minimum atomic E-state index is -0.313. The van der Waals surface area contributed by atoms with Crippen molar-refractivity contribution < 1.29 is 13.6 Å². The average Bonchev–Trinajstić information content (AvgIpc) is 3.10. The van der Waals surface area contributed by atoms with E-state index in [2.05, 4.69) is 10.3 Å². The van der Waals surface area contributed by atoms with Crippen LogP contribution < -0.4 is 5.32 Å². The number of hydrogen-bond acceptors (Lipinski definition) is 4. The van der Waals surface area contributed by atoms with Crippen LogP contribution in [0.1, 0.15) is 18.5 Å². The third-order valence-corrected chi connectivity index (χ3v) is 4.88. The first-order valence-corrected chi connectivity index (χ1v) is 9.27. The van der Waals surface area contributed by atoms with E-state index in [0.29, 0.717) is 16.0 Å². The van der Waals surface area contributed by atoms with Gasteiger partial charge < -0.3 is 9.73 Å². The Kier molecular flexibility index (Phi) is 5.96. The highest BCUT2D eigenvalue weighted by molar-refractivity contribution is 7.99. The summed E-state index contributed by atoms with van der Waals surface area (Å²) in [7, 11) is 0. The van der Waals surface area contributed by atoms with Crippen molar-refractivity contribution >= 4 is 29.3 Å². The summed E-state index contributed by atoms with van der Waals surface area (Å²) in [6, 6.07) is 13.1. The zero-order valence-electron chi connectivity index (χ0n) is 13.9. The second-order valence-corrected chi connectivity index (χ2v) is 6.93. The molecule has 1 amide bonds. The number of nitrogens with zero attached hydrogens (tertiary/aromatic N) is 1. The van der Waals surface area contributed by atoms with Gasteiger partial charge in [-0.25, -0.2) is 9.37 Å². The number of hydrogen-bond donors (Lipinski definition) is 1. The summed E-state index contributed by atoms with van der Waals surface area (Å²) in [6.07, 6.45) is 1.56. The fourth-order valence-electron chi connectivity index (χ4n) is 2.39. The molecule has 0 spiro atoms. The van der Waals surface area contributed by atoms with Gasteiger partial charge in [-0.15, -0.1) is 0 Å². The van der Waals surface area contributed by atoms with Crippen molar-refractivity contribution in [2.75, 3.05) is 5.75 Å². The first kappa shape index (κ1) is 18.5. The van der Waals surface area contributed by atoms with Crippen LogP contribution in [-0.4, -0.2) is 16.6 Å². The Morgan fingerprint density at radius 1 is 1.27 bits per heavy atom. The van der Waals surface area contributed by atoms with Crippen molar-refractivity contribution in [3.63, 3.8) is 0 Å². The number of aromatic nitrogens is 1. The van der Waals surface area contributed by atoms with E-state index in [9.17, 15) is 9.18 Å². The SMILES string of the molecule is CC(NC(=O)CSc1ncc(-c2ccc(F)cc2)o1)c1ccccc1Cl. The second kappa shape index (κ2) is 8.38. The Morgan fingerprint density at radius 3 is 2.73 bits per heavy atom. The average molecular weight is 391 g/mol. The van der Waals surface area contributed by atoms with Crippen molar-refractivity contribution in [2.45, 2.75) is 18.2 Å². The van der Waals surface area contributed by atoms with Crippen molar-refractivity contribution in [1.29, 1.82) is 0 Å². The molecule has 1 atom stereocenters. The first-order valence-electron chi connectivity index (χ1n) is 7.91. The van der Waals surface area contributed by atoms with Gasteiger partial charge in [-0.1, -0.05) is 41.6 Å². The van der Waals surface area contributed by atoms with E-state index in [1.54, 1.807) is 24.4 Å². The van der Waals surface area contributed by atoms with Gasteiger partial charge in [0.05, 0.1) is 18.0 Å². The maximum absolute atomic E-state index is 13.0. The number of oxazole rings is 1. The van der Waals surface area contributed by atoms with Gasteiger partial charge in [-0.2, -0.15) is 0 Å². The van der Waals surface area contributed by atoms with Crippen LogP contribution in [0.4, 0.5) is 4.39 Å². The van der Waals surface area contributed by atoms with Crippen molar-refractivity contribution in [3.8, 4) is 11.3 Å². The van der Waals surface area contributed by atoms with Gasteiger partial charge in [-0.3, -0.25) is 4.79 Å². The molecule has 26 heavy (non-hydrogen) atoms. The Morgan fingerprint density at radius 2 is 2.00 bits per heavy atom. The predicted octanol–water partition coefficient (Wildman–Crippen LogP) is 5.10. The van der Waals surface area contributed by atoms with Gasteiger partial charge in [0.25, 0.3) is 5.22 Å². The maximum atomic E-state index is 13.0. The highest BCUT2D eigenvalue weighted by Crippen LogP contribution is 2.26. The largest absolute Gasteiger partial charge is 0.431 e. The Balaban J connectivity index is 1.55. The molecule has 0 saturated carbocycles. The molecule has 0 saturated heterocycles. The molecule has 1 N–H and O–H groups in total. The lowest BCUT2D eigenvalue weighted by Crippen LogP contribution is -2.28. The summed E-state index contributed by atoms with van der Waals surface area (Å²) in [5.41, 5.74) is 1.59. The second-order valence-electron chi connectivity index (χ2n) is 5.60. The lowest BCUT2D eigenvalue weighted by molar-refractivity contribution is -0.119. The topological polar surface area (TPSA) is 55.1 Å². The molecule has 7 heteroatoms. The molecule has 3 aromatic rings. The number of rotatable bonds is 6. The molecular weight excluding hydrogens is 375 g/mol. The number of carbonyl (C=O) groups excluding carboxylic acids is 1. The maximum Gasteiger partial charge on any atom is 0.256 e. The molecule has 0 aliphatic rings. The third-order valence-electron chi connectivity index (χ3n) is 3.69. The van der Waals surface area contributed by atoms with E-state index in [-0.39, 0.29) is 23.5 Å². The minimum Gasteiger partial charge on any atom is -0.431 e. The molecular formula is C19H16ClFN2O2S. The monoisotopic (exact) mass is 390 g/mol. The fraction of sp³-hybridized carbons (Fsp3) is 0.158. The van der Waals surface area contributed by atoms with Crippen LogP contribution in [0, 0.1) is 5.82 Å². The summed E-state index contributed by atoms with van der Waals surface area (Å²) < 4.78 is 18.6. The standard InChI is InChI=1S/C19H16ClFN2O2S/c1-12(15-4-2-3-5-16(15)20)23-18(24)11-26-19-22-10-17(25-19)13-6-8-14(21)9-7-13/h2-10,12H,11H2,1H3,(H,23,24). The third kappa shape index (κ3) is 4.65. The van der Waals surface area contributed by atoms with E-state index >= 15 is 0 Å². The van der Waals surface area contributed by atoms with E-state index in [1.165, 1.54) is 23.9 Å². The fourth-order valence-corrected chi connectivity index (χ4v) is 3.30. The summed E-state index contributed by atoms with van der Waals surface area (Å²) in [5.74, 6) is 0.228. The highest BCUT2D eigenvalue weighted by atomic mass is 35.5. The Labute approximate surface area is 159 Å². The van der Waals surface area contributed by atoms with E-state index < -0.39 is 0 Å². The molecule has 1 heterocycles. The summed E-state index contributed by atoms with van der Waals surface area (Å²) in [5, 5.41) is 3.89. The van der Waals surface area contributed by atoms with Crippen LogP contribution in [0.25, 0.3) is 11.3 Å². The van der Waals surface area contributed by atoms with Gasteiger partial charge in [0.1, 0.15) is 5.82 Å². The van der Waals surface area contributed by atoms with Gasteiger partial charge in [-0.05, 0) is 42.8 Å². The quantitative estimate of drug-likeness (QED) is 0.594. The Hall–Kier alpha value is -2.31. The molecule has 2 aromatic carbocycles. The zero-order valence-corrected chi connectivity index (χ0v) is 15.5. The first-order chi connectivity index (χ1) is 12.5. The molecule has 0 aliphatic heterocycles. The van der Waals surface area contributed by atoms with Crippen molar-refractivity contribution in [3.05, 3.63) is 71.1 Å². The van der Waals surface area contributed by atoms with E-state index in [4.69, 9.17) is 16.0 Å². The molecule has 1 aromatic heterocycles. The molecule has 0 aliphatic carbocycles. The van der Waals surface area contributed by atoms with Gasteiger partial charge >= 0.3 is 0 Å². The number of nitrogens with one attached hydrogen (secondary N) is 1. The summed E-state index contributed by atoms with van der Waals surface area (Å²) >= 11 is 7.33. The Bertz CT molecular complexity index is 899. The van der Waals surface area contributed by atoms with Gasteiger partial charge in [0.2, 0.25) is 5.91 Å². The van der Waals surface area contributed by atoms with Gasteiger partial charge in [0.15, 0.2) is 5.76 Å². The smallest absolute Gasteiger partial charge is 0.256 e. The summed E-state index contributed by atoms with van der Waals surface area (Å²) in [4.78, 5) is 16.3. The molecule has 134 valence electrons. The van der Waals surface area contributed by atoms with Crippen LogP contribution in [0.15, 0.2) is 64.4 Å². The molecule has 0 radical (unpaired) electrons. The molecule has 4 nitrogen and oxygen atoms in total. The number of amides is 1. The van der Waals surface area contributed by atoms with Crippen LogP contribution in [0.3, 0.4) is 0 Å². The normalized spacial score (nSPS) is 12.0.